The van der Waals surface area contributed by atoms with Crippen LogP contribution in [0.2, 0.25) is 0 Å². The van der Waals surface area contributed by atoms with E-state index < -0.39 is 0 Å². The molecule has 0 radical (unpaired) electrons. The smallest absolute Gasteiger partial charge is 0.00401 e. The zero-order valence-corrected chi connectivity index (χ0v) is 11.9. The maximum absolute atomic E-state index is 4.28. The first kappa shape index (κ1) is 16.1. The van der Waals surface area contributed by atoms with E-state index in [9.17, 15) is 0 Å². The molecule has 0 saturated heterocycles. The Morgan fingerprint density at radius 3 is 2.06 bits per heavy atom. The summed E-state index contributed by atoms with van der Waals surface area (Å²) in [5.41, 5.74) is 1.45. The van der Waals surface area contributed by atoms with Gasteiger partial charge in [-0.2, -0.15) is 0 Å². The summed E-state index contributed by atoms with van der Waals surface area (Å²) in [7, 11) is 0. The number of rotatable bonds is 7. The molecule has 0 fully saturated rings. The molecule has 0 nitrogen and oxygen atoms in total. The molecule has 0 aliphatic rings. The quantitative estimate of drug-likeness (QED) is 0.411. The summed E-state index contributed by atoms with van der Waals surface area (Å²) in [6.07, 6.45) is 9.47. The fraction of sp³-hybridized carbons (Fsp3) is 0.571. The molecule has 0 N–H and O–H groups in total. The second-order valence-corrected chi connectivity index (χ2v) is 4.70. The predicted molar refractivity (Wildman–Crippen MR) is 70.8 cm³/mol. The zero-order chi connectivity index (χ0) is 10.9. The summed E-state index contributed by atoms with van der Waals surface area (Å²) in [6.45, 7) is 2.26. The molecule has 1 aromatic carbocycles. The Morgan fingerprint density at radius 1 is 0.875 bits per heavy atom. The molecule has 0 aliphatic heterocycles. The van der Waals surface area contributed by atoms with E-state index in [1.165, 1.54) is 50.5 Å². The normalized spacial score (nSPS) is 9.88. The summed E-state index contributed by atoms with van der Waals surface area (Å²) >= 11 is 4.28. The standard InChI is InChI=1S/C14H22S.Ni/c1-2-3-4-5-6-7-8-13-9-11-14(15)12-10-13;/h9-12,15H,2-8H2,1H3;. The van der Waals surface area contributed by atoms with Crippen molar-refractivity contribution in [3.63, 3.8) is 0 Å². The molecule has 0 heterocycles. The number of hydrogen-bond donors (Lipinski definition) is 1. The van der Waals surface area contributed by atoms with Crippen LogP contribution in [-0.4, -0.2) is 0 Å². The van der Waals surface area contributed by atoms with Gasteiger partial charge in [0.1, 0.15) is 0 Å². The van der Waals surface area contributed by atoms with Gasteiger partial charge in [-0.15, -0.1) is 12.6 Å². The van der Waals surface area contributed by atoms with E-state index in [0.717, 1.165) is 4.90 Å². The average Bonchev–Trinajstić information content (AvgIpc) is 2.26. The fourth-order valence-corrected chi connectivity index (χ4v) is 1.92. The SMILES string of the molecule is CCCCCCCCc1ccc(S)cc1.[Ni]. The minimum Gasteiger partial charge on any atom is -0.143 e. The van der Waals surface area contributed by atoms with Crippen molar-refractivity contribution in [2.75, 3.05) is 0 Å². The summed E-state index contributed by atoms with van der Waals surface area (Å²) in [6, 6.07) is 8.54. The molecule has 0 atom stereocenters. The molecule has 94 valence electrons. The van der Waals surface area contributed by atoms with Crippen LogP contribution in [-0.2, 0) is 22.9 Å². The molecule has 0 unspecified atom stereocenters. The summed E-state index contributed by atoms with van der Waals surface area (Å²) < 4.78 is 0. The molecule has 0 amide bonds. The first-order valence-corrected chi connectivity index (χ1v) is 6.55. The van der Waals surface area contributed by atoms with Gasteiger partial charge < -0.3 is 0 Å². The molecule has 0 aromatic heterocycles. The number of aryl methyl sites for hydroxylation is 1. The van der Waals surface area contributed by atoms with Crippen LogP contribution in [0.25, 0.3) is 0 Å². The van der Waals surface area contributed by atoms with E-state index >= 15 is 0 Å². The van der Waals surface area contributed by atoms with Gasteiger partial charge in [0, 0.05) is 21.4 Å². The Balaban J connectivity index is 0.00000225. The van der Waals surface area contributed by atoms with Crippen LogP contribution in [0.1, 0.15) is 51.0 Å². The van der Waals surface area contributed by atoms with Crippen molar-refractivity contribution < 1.29 is 16.5 Å². The molecular weight excluding hydrogens is 259 g/mol. The van der Waals surface area contributed by atoms with E-state index in [-0.39, 0.29) is 16.5 Å². The van der Waals surface area contributed by atoms with E-state index in [4.69, 9.17) is 0 Å². The van der Waals surface area contributed by atoms with Gasteiger partial charge in [-0.3, -0.25) is 0 Å². The number of hydrogen-bond acceptors (Lipinski definition) is 1. The first-order chi connectivity index (χ1) is 7.33. The summed E-state index contributed by atoms with van der Waals surface area (Å²) in [5.74, 6) is 0. The third-order valence-electron chi connectivity index (χ3n) is 2.76. The van der Waals surface area contributed by atoms with E-state index in [0.29, 0.717) is 0 Å². The minimum atomic E-state index is 0. The van der Waals surface area contributed by atoms with E-state index in [1.807, 2.05) is 0 Å². The maximum atomic E-state index is 4.28. The molecule has 0 bridgehead atoms. The van der Waals surface area contributed by atoms with Crippen molar-refractivity contribution in [3.8, 4) is 0 Å². The Morgan fingerprint density at radius 2 is 1.44 bits per heavy atom. The molecule has 2 heteroatoms. The van der Waals surface area contributed by atoms with Crippen molar-refractivity contribution in [1.82, 2.24) is 0 Å². The number of unbranched alkanes of at least 4 members (excludes halogenated alkanes) is 5. The maximum Gasteiger partial charge on any atom is 0.00401 e. The largest absolute Gasteiger partial charge is 0.143 e. The van der Waals surface area contributed by atoms with Gasteiger partial charge >= 0.3 is 0 Å². The Bertz CT molecular complexity index is 256. The van der Waals surface area contributed by atoms with Gasteiger partial charge in [-0.05, 0) is 30.5 Å². The predicted octanol–water partition coefficient (Wildman–Crippen LogP) is 4.88. The van der Waals surface area contributed by atoms with Gasteiger partial charge in [0.25, 0.3) is 0 Å². The van der Waals surface area contributed by atoms with Gasteiger partial charge in [-0.25, -0.2) is 0 Å². The van der Waals surface area contributed by atoms with Crippen LogP contribution in [0.4, 0.5) is 0 Å². The van der Waals surface area contributed by atoms with Gasteiger partial charge in [0.05, 0.1) is 0 Å². The van der Waals surface area contributed by atoms with Crippen molar-refractivity contribution in [2.45, 2.75) is 56.8 Å². The van der Waals surface area contributed by atoms with Crippen LogP contribution in [0, 0.1) is 0 Å². The third kappa shape index (κ3) is 7.36. The van der Waals surface area contributed by atoms with E-state index in [2.05, 4.69) is 43.8 Å². The molecule has 0 spiro atoms. The Hall–Kier alpha value is 0.0635. The number of thiol groups is 1. The molecule has 16 heavy (non-hydrogen) atoms. The minimum absolute atomic E-state index is 0. The van der Waals surface area contributed by atoms with Gasteiger partial charge in [0.2, 0.25) is 0 Å². The summed E-state index contributed by atoms with van der Waals surface area (Å²) in [4.78, 5) is 1.06. The van der Waals surface area contributed by atoms with Crippen LogP contribution in [0.3, 0.4) is 0 Å². The zero-order valence-electron chi connectivity index (χ0n) is 10.0. The first-order valence-electron chi connectivity index (χ1n) is 6.11. The second kappa shape index (κ2) is 10.2. The Labute approximate surface area is 116 Å². The monoisotopic (exact) mass is 280 g/mol. The number of benzene rings is 1. The van der Waals surface area contributed by atoms with Crippen LogP contribution in [0.5, 0.6) is 0 Å². The third-order valence-corrected chi connectivity index (χ3v) is 3.05. The van der Waals surface area contributed by atoms with Crippen molar-refractivity contribution >= 4 is 12.6 Å². The van der Waals surface area contributed by atoms with Crippen molar-refractivity contribution in [2.24, 2.45) is 0 Å². The van der Waals surface area contributed by atoms with Crippen molar-refractivity contribution in [1.29, 1.82) is 0 Å². The van der Waals surface area contributed by atoms with Crippen LogP contribution >= 0.6 is 12.6 Å². The fourth-order valence-electron chi connectivity index (χ4n) is 1.77. The topological polar surface area (TPSA) is 0 Å². The van der Waals surface area contributed by atoms with Crippen molar-refractivity contribution in [3.05, 3.63) is 29.8 Å². The van der Waals surface area contributed by atoms with Gasteiger partial charge in [0.15, 0.2) is 0 Å². The van der Waals surface area contributed by atoms with E-state index in [1.54, 1.807) is 0 Å². The Kier molecular flexibility index (Phi) is 10.3. The van der Waals surface area contributed by atoms with Gasteiger partial charge in [-0.1, -0.05) is 51.2 Å². The van der Waals surface area contributed by atoms with Crippen LogP contribution in [0.15, 0.2) is 29.2 Å². The molecule has 0 aliphatic carbocycles. The van der Waals surface area contributed by atoms with Crippen LogP contribution < -0.4 is 0 Å². The molecule has 0 saturated carbocycles. The second-order valence-electron chi connectivity index (χ2n) is 4.18. The molecular formula is C14H22NiS. The molecule has 1 rings (SSSR count). The summed E-state index contributed by atoms with van der Waals surface area (Å²) in [5, 5.41) is 0. The molecule has 1 aromatic rings. The average molecular weight is 281 g/mol.